The maximum absolute atomic E-state index is 14.7. The molecule has 0 spiro atoms. The fraction of sp³-hybridized carbons (Fsp3) is 0.167. The summed E-state index contributed by atoms with van der Waals surface area (Å²) in [5.41, 5.74) is 2.40. The van der Waals surface area contributed by atoms with Gasteiger partial charge < -0.3 is 19.5 Å². The Labute approximate surface area is 229 Å². The van der Waals surface area contributed by atoms with Gasteiger partial charge in [0.25, 0.3) is 0 Å². The number of carbonyl (C=O) groups excluding carboxylic acids is 1. The van der Waals surface area contributed by atoms with Crippen molar-refractivity contribution in [1.82, 2.24) is 14.8 Å². The minimum atomic E-state index is -0.666. The lowest BCUT2D eigenvalue weighted by Crippen LogP contribution is -2.13. The van der Waals surface area contributed by atoms with E-state index < -0.39 is 23.7 Å². The standard InChI is InChI=1S/C30H26F2N4O4/c1-18(22-15-20(30(37)39-3)7-12-26(22)36-14-4-13-34-36)40-27-16-23-24(31)10-11-25(32)28(23)35-29(27)33-17-19-5-8-21(38-2)9-6-19/h4-16,18H,17H2,1-3H3,(H,33,35). The van der Waals surface area contributed by atoms with Crippen molar-refractivity contribution in [2.24, 2.45) is 0 Å². The lowest BCUT2D eigenvalue weighted by molar-refractivity contribution is 0.0600. The van der Waals surface area contributed by atoms with Crippen molar-refractivity contribution in [3.05, 3.63) is 107 Å². The van der Waals surface area contributed by atoms with Crippen LogP contribution in [0.15, 0.2) is 79.1 Å². The zero-order chi connectivity index (χ0) is 28.2. The van der Waals surface area contributed by atoms with Gasteiger partial charge in [0.1, 0.15) is 29.0 Å². The molecule has 1 N–H and O–H groups in total. The van der Waals surface area contributed by atoms with Crippen LogP contribution >= 0.6 is 0 Å². The van der Waals surface area contributed by atoms with E-state index in [0.29, 0.717) is 29.1 Å². The van der Waals surface area contributed by atoms with Crippen LogP contribution in [-0.2, 0) is 11.3 Å². The average Bonchev–Trinajstić information content (AvgIpc) is 3.53. The first-order valence-electron chi connectivity index (χ1n) is 12.4. The summed E-state index contributed by atoms with van der Waals surface area (Å²) >= 11 is 0. The molecule has 1 atom stereocenters. The monoisotopic (exact) mass is 544 g/mol. The van der Waals surface area contributed by atoms with E-state index in [1.165, 1.54) is 13.2 Å². The molecule has 0 saturated heterocycles. The molecule has 8 nitrogen and oxygen atoms in total. The Morgan fingerprint density at radius 2 is 1.80 bits per heavy atom. The summed E-state index contributed by atoms with van der Waals surface area (Å²) in [4.78, 5) is 16.7. The van der Waals surface area contributed by atoms with E-state index in [9.17, 15) is 13.6 Å². The molecule has 0 bridgehead atoms. The average molecular weight is 545 g/mol. The van der Waals surface area contributed by atoms with Crippen LogP contribution in [0, 0.1) is 11.6 Å². The number of methoxy groups -OCH3 is 2. The molecular formula is C30H26F2N4O4. The van der Waals surface area contributed by atoms with Gasteiger partial charge in [-0.15, -0.1) is 0 Å². The molecule has 204 valence electrons. The lowest BCUT2D eigenvalue weighted by atomic mass is 10.0. The summed E-state index contributed by atoms with van der Waals surface area (Å²) in [7, 11) is 2.89. The summed E-state index contributed by atoms with van der Waals surface area (Å²) < 4.78 is 47.5. The van der Waals surface area contributed by atoms with Gasteiger partial charge in [-0.05, 0) is 67.1 Å². The first-order chi connectivity index (χ1) is 19.4. The Morgan fingerprint density at radius 3 is 2.50 bits per heavy atom. The second-order valence-electron chi connectivity index (χ2n) is 8.94. The first kappa shape index (κ1) is 26.6. The van der Waals surface area contributed by atoms with Gasteiger partial charge in [0.15, 0.2) is 11.6 Å². The minimum absolute atomic E-state index is 0.0205. The Hall–Kier alpha value is -4.99. The third-order valence-electron chi connectivity index (χ3n) is 6.41. The lowest BCUT2D eigenvalue weighted by Gasteiger charge is -2.21. The number of anilines is 1. The fourth-order valence-electron chi connectivity index (χ4n) is 4.32. The Bertz CT molecular complexity index is 1660. The third kappa shape index (κ3) is 5.42. The summed E-state index contributed by atoms with van der Waals surface area (Å²) in [5.74, 6) is -0.655. The van der Waals surface area contributed by atoms with Gasteiger partial charge in [-0.3, -0.25) is 0 Å². The van der Waals surface area contributed by atoms with Gasteiger partial charge in [0.05, 0.1) is 25.5 Å². The molecule has 0 aliphatic rings. The van der Waals surface area contributed by atoms with Gasteiger partial charge in [-0.1, -0.05) is 12.1 Å². The molecule has 5 rings (SSSR count). The number of hydrogen-bond acceptors (Lipinski definition) is 7. The molecule has 10 heteroatoms. The molecule has 0 aliphatic carbocycles. The first-order valence-corrected chi connectivity index (χ1v) is 12.4. The molecule has 2 heterocycles. The molecule has 40 heavy (non-hydrogen) atoms. The molecule has 1 unspecified atom stereocenters. The molecule has 0 radical (unpaired) electrons. The zero-order valence-electron chi connectivity index (χ0n) is 22.0. The third-order valence-corrected chi connectivity index (χ3v) is 6.41. The van der Waals surface area contributed by atoms with Gasteiger partial charge >= 0.3 is 5.97 Å². The maximum atomic E-state index is 14.7. The highest BCUT2D eigenvalue weighted by molar-refractivity contribution is 5.90. The van der Waals surface area contributed by atoms with Crippen molar-refractivity contribution in [3.8, 4) is 17.2 Å². The number of halogens is 2. The second kappa shape index (κ2) is 11.4. The Kier molecular flexibility index (Phi) is 7.59. The number of nitrogens with zero attached hydrogens (tertiary/aromatic N) is 3. The zero-order valence-corrected chi connectivity index (χ0v) is 22.0. The molecule has 0 amide bonds. The summed E-state index contributed by atoms with van der Waals surface area (Å²) in [6.07, 6.45) is 2.73. The fourth-order valence-corrected chi connectivity index (χ4v) is 4.32. The van der Waals surface area contributed by atoms with Gasteiger partial charge in [0, 0.05) is 29.9 Å². The highest BCUT2D eigenvalue weighted by Crippen LogP contribution is 2.35. The van der Waals surface area contributed by atoms with Crippen molar-refractivity contribution in [3.63, 3.8) is 0 Å². The number of nitrogens with one attached hydrogen (secondary N) is 1. The molecule has 2 aromatic heterocycles. The van der Waals surface area contributed by atoms with E-state index in [-0.39, 0.29) is 22.5 Å². The summed E-state index contributed by atoms with van der Waals surface area (Å²) in [5, 5.41) is 7.47. The van der Waals surface area contributed by atoms with Crippen LogP contribution < -0.4 is 14.8 Å². The number of benzene rings is 3. The Balaban J connectivity index is 1.54. The number of carbonyl (C=O) groups is 1. The van der Waals surface area contributed by atoms with Gasteiger partial charge in [0.2, 0.25) is 0 Å². The topological polar surface area (TPSA) is 87.5 Å². The number of fused-ring (bicyclic) bond motifs is 1. The van der Waals surface area contributed by atoms with Crippen LogP contribution in [0.5, 0.6) is 11.5 Å². The number of esters is 1. The van der Waals surface area contributed by atoms with E-state index in [0.717, 1.165) is 17.7 Å². The summed E-state index contributed by atoms with van der Waals surface area (Å²) in [6, 6.07) is 17.7. The van der Waals surface area contributed by atoms with Crippen LogP contribution in [0.1, 0.15) is 34.5 Å². The normalized spacial score (nSPS) is 11.7. The van der Waals surface area contributed by atoms with Crippen molar-refractivity contribution in [2.45, 2.75) is 19.6 Å². The van der Waals surface area contributed by atoms with Crippen LogP contribution in [0.25, 0.3) is 16.6 Å². The van der Waals surface area contributed by atoms with Crippen LogP contribution in [0.2, 0.25) is 0 Å². The number of rotatable bonds is 9. The minimum Gasteiger partial charge on any atom is -0.497 e. The van der Waals surface area contributed by atoms with E-state index >= 15 is 0 Å². The predicted octanol–water partition coefficient (Wildman–Crippen LogP) is 6.25. The smallest absolute Gasteiger partial charge is 0.337 e. The van der Waals surface area contributed by atoms with Crippen LogP contribution in [0.4, 0.5) is 14.6 Å². The predicted molar refractivity (Wildman–Crippen MR) is 146 cm³/mol. The van der Waals surface area contributed by atoms with Crippen molar-refractivity contribution >= 4 is 22.7 Å². The van der Waals surface area contributed by atoms with E-state index in [4.69, 9.17) is 14.2 Å². The molecule has 0 saturated carbocycles. The van der Waals surface area contributed by atoms with E-state index in [1.54, 1.807) is 55.4 Å². The largest absolute Gasteiger partial charge is 0.497 e. The van der Waals surface area contributed by atoms with Gasteiger partial charge in [-0.25, -0.2) is 23.2 Å². The number of aromatic nitrogens is 3. The van der Waals surface area contributed by atoms with Crippen molar-refractivity contribution < 1.29 is 27.8 Å². The highest BCUT2D eigenvalue weighted by Gasteiger charge is 2.21. The van der Waals surface area contributed by atoms with Crippen molar-refractivity contribution in [2.75, 3.05) is 19.5 Å². The molecular weight excluding hydrogens is 518 g/mol. The van der Waals surface area contributed by atoms with Gasteiger partial charge in [-0.2, -0.15) is 5.10 Å². The van der Waals surface area contributed by atoms with Crippen LogP contribution in [-0.4, -0.2) is 35.0 Å². The SMILES string of the molecule is COC(=O)c1ccc(-n2cccn2)c(C(C)Oc2cc3c(F)ccc(F)c3nc2NCc2ccc(OC)cc2)c1. The molecule has 0 fully saturated rings. The molecule has 3 aromatic carbocycles. The number of ether oxygens (including phenoxy) is 3. The van der Waals surface area contributed by atoms with E-state index in [1.807, 2.05) is 24.3 Å². The quantitative estimate of drug-likeness (QED) is 0.220. The number of pyridine rings is 1. The van der Waals surface area contributed by atoms with Crippen LogP contribution in [0.3, 0.4) is 0 Å². The highest BCUT2D eigenvalue weighted by atomic mass is 19.1. The molecule has 5 aromatic rings. The van der Waals surface area contributed by atoms with Crippen molar-refractivity contribution in [1.29, 1.82) is 0 Å². The number of hydrogen-bond donors (Lipinski definition) is 1. The van der Waals surface area contributed by atoms with E-state index in [2.05, 4.69) is 15.4 Å². The maximum Gasteiger partial charge on any atom is 0.337 e. The Morgan fingerprint density at radius 1 is 1.02 bits per heavy atom. The second-order valence-corrected chi connectivity index (χ2v) is 8.94. The summed E-state index contributed by atoms with van der Waals surface area (Å²) in [6.45, 7) is 2.11. The molecule has 0 aliphatic heterocycles.